The molecule has 1 saturated heterocycles. The average Bonchev–Trinajstić information content (AvgIpc) is 2.25. The maximum absolute atomic E-state index is 6.17. The Balaban J connectivity index is 2.21. The summed E-state index contributed by atoms with van der Waals surface area (Å²) in [5, 5.41) is 2.19. The minimum atomic E-state index is 0.0899. The van der Waals surface area contributed by atoms with Crippen molar-refractivity contribution in [3.8, 4) is 5.75 Å². The molecule has 2 nitrogen and oxygen atoms in total. The number of hydrogen-bond acceptors (Lipinski definition) is 2. The Morgan fingerprint density at radius 1 is 0.944 bits per heavy atom. The van der Waals surface area contributed by atoms with Crippen molar-refractivity contribution in [3.63, 3.8) is 0 Å². The van der Waals surface area contributed by atoms with Crippen molar-refractivity contribution in [2.75, 3.05) is 0 Å². The zero-order chi connectivity index (χ0) is 13.4. The quantitative estimate of drug-likeness (QED) is 0.771. The maximum Gasteiger partial charge on any atom is 0.147 e. The second-order valence-corrected chi connectivity index (χ2v) is 6.68. The number of hydroxylamine groups is 2. The van der Waals surface area contributed by atoms with Crippen LogP contribution in [0.4, 0.5) is 0 Å². The molecule has 0 aliphatic carbocycles. The van der Waals surface area contributed by atoms with Crippen LogP contribution in [0.1, 0.15) is 52.5 Å². The van der Waals surface area contributed by atoms with Crippen molar-refractivity contribution in [1.82, 2.24) is 5.06 Å². The first kappa shape index (κ1) is 13.4. The summed E-state index contributed by atoms with van der Waals surface area (Å²) >= 11 is 0. The molecule has 0 N–H and O–H groups in total. The van der Waals surface area contributed by atoms with Crippen molar-refractivity contribution in [1.29, 1.82) is 0 Å². The number of rotatable bonds is 2. The van der Waals surface area contributed by atoms with E-state index in [0.29, 0.717) is 0 Å². The van der Waals surface area contributed by atoms with E-state index in [0.717, 1.165) is 5.75 Å². The molecule has 1 aromatic rings. The molecular formula is C16H25NO. The van der Waals surface area contributed by atoms with Crippen LogP contribution in [0.2, 0.25) is 0 Å². The SMILES string of the molecule is Cc1ccc(ON2C(C)(C)CCCC2(C)C)cc1. The van der Waals surface area contributed by atoms with Crippen molar-refractivity contribution >= 4 is 0 Å². The zero-order valence-electron chi connectivity index (χ0n) is 12.3. The summed E-state index contributed by atoms with van der Waals surface area (Å²) in [6, 6.07) is 8.30. The summed E-state index contributed by atoms with van der Waals surface area (Å²) in [7, 11) is 0. The number of hydrogen-bond donors (Lipinski definition) is 0. The van der Waals surface area contributed by atoms with E-state index in [1.54, 1.807) is 0 Å². The Morgan fingerprint density at radius 3 is 1.94 bits per heavy atom. The standard InChI is InChI=1S/C16H25NO/c1-13-7-9-14(10-8-13)18-17-15(2,3)11-6-12-16(17,4)5/h7-10H,6,11-12H2,1-5H3. The molecule has 1 heterocycles. The largest absolute Gasteiger partial charge is 0.405 e. The Hall–Kier alpha value is -1.02. The van der Waals surface area contributed by atoms with Gasteiger partial charge in [-0.3, -0.25) is 0 Å². The van der Waals surface area contributed by atoms with E-state index in [1.165, 1.54) is 24.8 Å². The third-order valence-corrected chi connectivity index (χ3v) is 3.89. The Kier molecular flexibility index (Phi) is 3.41. The predicted molar refractivity (Wildman–Crippen MR) is 75.7 cm³/mol. The van der Waals surface area contributed by atoms with E-state index in [-0.39, 0.29) is 11.1 Å². The minimum absolute atomic E-state index is 0.0899. The lowest BCUT2D eigenvalue weighted by molar-refractivity contribution is -0.216. The molecule has 0 aromatic heterocycles. The number of aryl methyl sites for hydroxylation is 1. The van der Waals surface area contributed by atoms with Gasteiger partial charge in [0, 0.05) is 0 Å². The lowest BCUT2D eigenvalue weighted by atomic mass is 9.82. The third-order valence-electron chi connectivity index (χ3n) is 3.89. The molecule has 0 bridgehead atoms. The molecule has 0 atom stereocenters. The van der Waals surface area contributed by atoms with Gasteiger partial charge in [-0.25, -0.2) is 0 Å². The van der Waals surface area contributed by atoms with Gasteiger partial charge in [-0.1, -0.05) is 17.7 Å². The van der Waals surface area contributed by atoms with Gasteiger partial charge in [-0.05, 0) is 66.0 Å². The van der Waals surface area contributed by atoms with Gasteiger partial charge in [-0.2, -0.15) is 0 Å². The van der Waals surface area contributed by atoms with Crippen molar-refractivity contribution in [3.05, 3.63) is 29.8 Å². The molecule has 1 fully saturated rings. The second kappa shape index (κ2) is 4.58. The van der Waals surface area contributed by atoms with Crippen LogP contribution in [0.15, 0.2) is 24.3 Å². The van der Waals surface area contributed by atoms with Crippen molar-refractivity contribution < 1.29 is 4.84 Å². The fraction of sp³-hybridized carbons (Fsp3) is 0.625. The second-order valence-electron chi connectivity index (χ2n) is 6.68. The molecule has 100 valence electrons. The summed E-state index contributed by atoms with van der Waals surface area (Å²) in [6.07, 6.45) is 3.64. The van der Waals surface area contributed by atoms with E-state index in [9.17, 15) is 0 Å². The van der Waals surface area contributed by atoms with E-state index >= 15 is 0 Å². The topological polar surface area (TPSA) is 12.5 Å². The van der Waals surface area contributed by atoms with Crippen molar-refractivity contribution in [2.24, 2.45) is 0 Å². The number of benzene rings is 1. The first-order valence-electron chi connectivity index (χ1n) is 6.86. The Labute approximate surface area is 111 Å². The average molecular weight is 247 g/mol. The molecule has 2 rings (SSSR count). The molecule has 1 aliphatic rings. The van der Waals surface area contributed by atoms with Crippen LogP contribution >= 0.6 is 0 Å². The molecule has 2 heteroatoms. The van der Waals surface area contributed by atoms with E-state index < -0.39 is 0 Å². The summed E-state index contributed by atoms with van der Waals surface area (Å²) in [4.78, 5) is 6.17. The Bertz CT molecular complexity index is 390. The van der Waals surface area contributed by atoms with Crippen molar-refractivity contribution in [2.45, 2.75) is 65.0 Å². The van der Waals surface area contributed by atoms with Gasteiger partial charge in [0.1, 0.15) is 5.75 Å². The van der Waals surface area contributed by atoms with Crippen LogP contribution in [0, 0.1) is 6.92 Å². The summed E-state index contributed by atoms with van der Waals surface area (Å²) < 4.78 is 0. The predicted octanol–water partition coefficient (Wildman–Crippen LogP) is 4.33. The fourth-order valence-electron chi connectivity index (χ4n) is 2.93. The van der Waals surface area contributed by atoms with E-state index in [4.69, 9.17) is 4.84 Å². The highest BCUT2D eigenvalue weighted by molar-refractivity contribution is 5.26. The molecule has 0 spiro atoms. The summed E-state index contributed by atoms with van der Waals surface area (Å²) in [6.45, 7) is 11.2. The Morgan fingerprint density at radius 2 is 1.44 bits per heavy atom. The number of nitrogens with zero attached hydrogens (tertiary/aromatic N) is 1. The van der Waals surface area contributed by atoms with Gasteiger partial charge in [0.2, 0.25) is 0 Å². The lowest BCUT2D eigenvalue weighted by Gasteiger charge is -2.50. The van der Waals surface area contributed by atoms with Crippen LogP contribution in [-0.2, 0) is 0 Å². The molecule has 18 heavy (non-hydrogen) atoms. The van der Waals surface area contributed by atoms with Crippen LogP contribution in [0.5, 0.6) is 5.75 Å². The van der Waals surface area contributed by atoms with E-state index in [1.807, 2.05) is 0 Å². The molecule has 1 aromatic carbocycles. The molecule has 0 radical (unpaired) electrons. The number of piperidine rings is 1. The normalized spacial score (nSPS) is 22.7. The highest BCUT2D eigenvalue weighted by Crippen LogP contribution is 2.38. The van der Waals surface area contributed by atoms with Gasteiger partial charge >= 0.3 is 0 Å². The molecule has 1 aliphatic heterocycles. The van der Waals surface area contributed by atoms with Gasteiger partial charge < -0.3 is 4.84 Å². The third kappa shape index (κ3) is 2.69. The minimum Gasteiger partial charge on any atom is -0.405 e. The fourth-order valence-corrected chi connectivity index (χ4v) is 2.93. The van der Waals surface area contributed by atoms with Gasteiger partial charge in [0.25, 0.3) is 0 Å². The maximum atomic E-state index is 6.17. The van der Waals surface area contributed by atoms with Crippen LogP contribution < -0.4 is 4.84 Å². The smallest absolute Gasteiger partial charge is 0.147 e. The molecule has 0 amide bonds. The molecule has 0 saturated carbocycles. The van der Waals surface area contributed by atoms with Crippen LogP contribution in [-0.4, -0.2) is 16.1 Å². The summed E-state index contributed by atoms with van der Waals surface area (Å²) in [5.41, 5.74) is 1.44. The molecular weight excluding hydrogens is 222 g/mol. The van der Waals surface area contributed by atoms with Gasteiger partial charge in [-0.15, -0.1) is 5.06 Å². The first-order valence-corrected chi connectivity index (χ1v) is 6.86. The lowest BCUT2D eigenvalue weighted by Crippen LogP contribution is -2.59. The van der Waals surface area contributed by atoms with Gasteiger partial charge in [0.05, 0.1) is 11.1 Å². The first-order chi connectivity index (χ1) is 8.31. The van der Waals surface area contributed by atoms with E-state index in [2.05, 4.69) is 63.9 Å². The monoisotopic (exact) mass is 247 g/mol. The highest BCUT2D eigenvalue weighted by atomic mass is 16.7. The van der Waals surface area contributed by atoms with Crippen LogP contribution in [0.25, 0.3) is 0 Å². The van der Waals surface area contributed by atoms with Gasteiger partial charge in [0.15, 0.2) is 0 Å². The van der Waals surface area contributed by atoms with Crippen LogP contribution in [0.3, 0.4) is 0 Å². The summed E-state index contributed by atoms with van der Waals surface area (Å²) in [5.74, 6) is 0.934. The highest BCUT2D eigenvalue weighted by Gasteiger charge is 2.43. The molecule has 0 unspecified atom stereocenters. The zero-order valence-corrected chi connectivity index (χ0v) is 12.3.